The van der Waals surface area contributed by atoms with Crippen molar-refractivity contribution in [2.75, 3.05) is 7.11 Å². The Bertz CT molecular complexity index is 309. The molecule has 0 heterocycles. The van der Waals surface area contributed by atoms with Crippen LogP contribution in [0.3, 0.4) is 0 Å². The molecule has 1 aliphatic carbocycles. The van der Waals surface area contributed by atoms with Gasteiger partial charge in [0.15, 0.2) is 0 Å². The van der Waals surface area contributed by atoms with Crippen LogP contribution in [-0.2, 0) is 14.3 Å². The predicted octanol–water partition coefficient (Wildman–Crippen LogP) is 0.781. The standard InChI is InChI=1S/C11H19NO4/c1-10(2,16-4)8(13)12-11(3,9(14)15)7-5-6-7/h7H,5-6H2,1-4H3,(H,12,13)(H,14,15). The number of amides is 1. The molecule has 1 aliphatic rings. The third-order valence-electron chi connectivity index (χ3n) is 3.27. The molecule has 92 valence electrons. The minimum atomic E-state index is -1.17. The molecule has 1 fully saturated rings. The van der Waals surface area contributed by atoms with E-state index >= 15 is 0 Å². The van der Waals surface area contributed by atoms with Gasteiger partial charge in [-0.2, -0.15) is 0 Å². The van der Waals surface area contributed by atoms with Crippen molar-refractivity contribution in [1.82, 2.24) is 5.32 Å². The molecule has 5 heteroatoms. The summed E-state index contributed by atoms with van der Waals surface area (Å²) in [5, 5.41) is 11.8. The number of carboxylic acids is 1. The first-order valence-corrected chi connectivity index (χ1v) is 5.35. The Morgan fingerprint density at radius 2 is 1.81 bits per heavy atom. The number of ether oxygens (including phenoxy) is 1. The number of aliphatic carboxylic acids is 1. The average molecular weight is 229 g/mol. The summed E-state index contributed by atoms with van der Waals surface area (Å²) >= 11 is 0. The topological polar surface area (TPSA) is 75.6 Å². The monoisotopic (exact) mass is 229 g/mol. The number of carbonyl (C=O) groups excluding carboxylic acids is 1. The van der Waals surface area contributed by atoms with Gasteiger partial charge in [-0.3, -0.25) is 4.79 Å². The maximum absolute atomic E-state index is 11.8. The molecular formula is C11H19NO4. The van der Waals surface area contributed by atoms with Crippen LogP contribution in [0.2, 0.25) is 0 Å². The second-order valence-electron chi connectivity index (χ2n) is 4.95. The summed E-state index contributed by atoms with van der Waals surface area (Å²) in [5.74, 6) is -1.36. The molecule has 0 spiro atoms. The van der Waals surface area contributed by atoms with E-state index in [2.05, 4.69) is 5.32 Å². The van der Waals surface area contributed by atoms with Gasteiger partial charge in [0.1, 0.15) is 11.1 Å². The van der Waals surface area contributed by atoms with Crippen molar-refractivity contribution < 1.29 is 19.4 Å². The van der Waals surface area contributed by atoms with E-state index in [1.165, 1.54) is 7.11 Å². The lowest BCUT2D eigenvalue weighted by Crippen LogP contribution is -2.59. The Kier molecular flexibility index (Phi) is 3.28. The lowest BCUT2D eigenvalue weighted by atomic mass is 9.94. The molecule has 1 saturated carbocycles. The molecule has 0 aromatic carbocycles. The number of hydrogen-bond acceptors (Lipinski definition) is 3. The van der Waals surface area contributed by atoms with Crippen molar-refractivity contribution in [3.8, 4) is 0 Å². The molecule has 0 aromatic heterocycles. The molecule has 0 saturated heterocycles. The summed E-state index contributed by atoms with van der Waals surface area (Å²) in [6.45, 7) is 4.77. The van der Waals surface area contributed by atoms with E-state index in [0.717, 1.165) is 12.8 Å². The normalized spacial score (nSPS) is 20.0. The van der Waals surface area contributed by atoms with Crippen LogP contribution in [0.15, 0.2) is 0 Å². The molecule has 1 unspecified atom stereocenters. The number of rotatable bonds is 5. The highest BCUT2D eigenvalue weighted by atomic mass is 16.5. The maximum atomic E-state index is 11.8. The van der Waals surface area contributed by atoms with Crippen LogP contribution in [0, 0.1) is 5.92 Å². The van der Waals surface area contributed by atoms with Gasteiger partial charge in [-0.25, -0.2) is 4.79 Å². The SMILES string of the molecule is COC(C)(C)C(=O)NC(C)(C(=O)O)C1CC1. The lowest BCUT2D eigenvalue weighted by Gasteiger charge is -2.31. The second-order valence-corrected chi connectivity index (χ2v) is 4.95. The van der Waals surface area contributed by atoms with Gasteiger partial charge in [0.25, 0.3) is 5.91 Å². The van der Waals surface area contributed by atoms with E-state index in [9.17, 15) is 14.7 Å². The molecular weight excluding hydrogens is 210 g/mol. The molecule has 0 radical (unpaired) electrons. The highest BCUT2D eigenvalue weighted by molar-refractivity contribution is 5.91. The molecule has 0 aromatic rings. The first kappa shape index (κ1) is 13.0. The third kappa shape index (κ3) is 2.35. The number of hydrogen-bond donors (Lipinski definition) is 2. The Morgan fingerprint density at radius 3 is 2.12 bits per heavy atom. The third-order valence-corrected chi connectivity index (χ3v) is 3.27. The summed E-state index contributed by atoms with van der Waals surface area (Å²) in [7, 11) is 1.43. The van der Waals surface area contributed by atoms with Crippen LogP contribution in [-0.4, -0.2) is 35.2 Å². The van der Waals surface area contributed by atoms with Crippen molar-refractivity contribution in [2.24, 2.45) is 5.92 Å². The molecule has 2 N–H and O–H groups in total. The van der Waals surface area contributed by atoms with Gasteiger partial charge >= 0.3 is 5.97 Å². The van der Waals surface area contributed by atoms with Gasteiger partial charge in [0.2, 0.25) is 0 Å². The van der Waals surface area contributed by atoms with Crippen molar-refractivity contribution >= 4 is 11.9 Å². The van der Waals surface area contributed by atoms with E-state index in [1.54, 1.807) is 20.8 Å². The molecule has 1 atom stereocenters. The number of methoxy groups -OCH3 is 1. The molecule has 1 amide bonds. The first-order valence-electron chi connectivity index (χ1n) is 5.35. The Labute approximate surface area is 95.2 Å². The van der Waals surface area contributed by atoms with Gasteiger partial charge < -0.3 is 15.2 Å². The van der Waals surface area contributed by atoms with Crippen LogP contribution in [0.1, 0.15) is 33.6 Å². The van der Waals surface area contributed by atoms with Crippen molar-refractivity contribution in [3.63, 3.8) is 0 Å². The summed E-state index contributed by atoms with van der Waals surface area (Å²) in [6, 6.07) is 0. The van der Waals surface area contributed by atoms with Crippen molar-refractivity contribution in [2.45, 2.75) is 44.8 Å². The zero-order valence-corrected chi connectivity index (χ0v) is 10.2. The van der Waals surface area contributed by atoms with Crippen LogP contribution < -0.4 is 5.32 Å². The molecule has 0 bridgehead atoms. The van der Waals surface area contributed by atoms with Gasteiger partial charge in [-0.15, -0.1) is 0 Å². The van der Waals surface area contributed by atoms with Gasteiger partial charge in [0, 0.05) is 7.11 Å². The van der Waals surface area contributed by atoms with Gasteiger partial charge in [0.05, 0.1) is 0 Å². The largest absolute Gasteiger partial charge is 0.480 e. The molecule has 16 heavy (non-hydrogen) atoms. The second kappa shape index (κ2) is 4.05. The van der Waals surface area contributed by atoms with Gasteiger partial charge in [-0.05, 0) is 39.5 Å². The summed E-state index contributed by atoms with van der Waals surface area (Å²) in [5.41, 5.74) is -2.18. The zero-order valence-electron chi connectivity index (χ0n) is 10.2. The smallest absolute Gasteiger partial charge is 0.329 e. The van der Waals surface area contributed by atoms with E-state index in [0.29, 0.717) is 0 Å². The van der Waals surface area contributed by atoms with Crippen LogP contribution >= 0.6 is 0 Å². The average Bonchev–Trinajstić information content (AvgIpc) is 3.00. The summed E-state index contributed by atoms with van der Waals surface area (Å²) < 4.78 is 5.02. The summed E-state index contributed by atoms with van der Waals surface area (Å²) in [6.07, 6.45) is 1.69. The fourth-order valence-electron chi connectivity index (χ4n) is 1.47. The maximum Gasteiger partial charge on any atom is 0.329 e. The van der Waals surface area contributed by atoms with Crippen molar-refractivity contribution in [1.29, 1.82) is 0 Å². The molecule has 5 nitrogen and oxygen atoms in total. The number of nitrogens with one attached hydrogen (secondary N) is 1. The molecule has 1 rings (SSSR count). The van der Waals surface area contributed by atoms with Crippen LogP contribution in [0.5, 0.6) is 0 Å². The number of carboxylic acid groups (broad SMARTS) is 1. The quantitative estimate of drug-likeness (QED) is 0.730. The van der Waals surface area contributed by atoms with E-state index < -0.39 is 23.0 Å². The Balaban J connectivity index is 2.77. The predicted molar refractivity (Wildman–Crippen MR) is 58.0 cm³/mol. The highest BCUT2D eigenvalue weighted by Crippen LogP contribution is 2.40. The van der Waals surface area contributed by atoms with E-state index in [4.69, 9.17) is 4.74 Å². The first-order chi connectivity index (χ1) is 7.24. The zero-order chi connectivity index (χ0) is 12.6. The fraction of sp³-hybridized carbons (Fsp3) is 0.818. The fourth-order valence-corrected chi connectivity index (χ4v) is 1.47. The Morgan fingerprint density at radius 1 is 1.31 bits per heavy atom. The lowest BCUT2D eigenvalue weighted by molar-refractivity contribution is -0.152. The van der Waals surface area contributed by atoms with Crippen LogP contribution in [0.4, 0.5) is 0 Å². The number of carbonyl (C=O) groups is 2. The van der Waals surface area contributed by atoms with Crippen LogP contribution in [0.25, 0.3) is 0 Å². The van der Waals surface area contributed by atoms with Gasteiger partial charge in [-0.1, -0.05) is 0 Å². The highest BCUT2D eigenvalue weighted by Gasteiger charge is 2.50. The van der Waals surface area contributed by atoms with E-state index in [1.807, 2.05) is 0 Å². The summed E-state index contributed by atoms with van der Waals surface area (Å²) in [4.78, 5) is 23.0. The Hall–Kier alpha value is -1.10. The van der Waals surface area contributed by atoms with E-state index in [-0.39, 0.29) is 5.92 Å². The minimum Gasteiger partial charge on any atom is -0.480 e. The molecule has 0 aliphatic heterocycles. The minimum absolute atomic E-state index is 0.0293. The van der Waals surface area contributed by atoms with Crippen molar-refractivity contribution in [3.05, 3.63) is 0 Å².